The second-order valence-electron chi connectivity index (χ2n) is 6.81. The average Bonchev–Trinajstić information content (AvgIpc) is 2.96. The molecule has 6 nitrogen and oxygen atoms in total. The molecule has 1 aliphatic heterocycles. The number of rotatable bonds is 6. The van der Waals surface area contributed by atoms with E-state index >= 15 is 0 Å². The molecule has 0 bridgehead atoms. The van der Waals surface area contributed by atoms with Gasteiger partial charge >= 0.3 is 0 Å². The second kappa shape index (κ2) is 9.57. The van der Waals surface area contributed by atoms with Crippen LogP contribution in [0.25, 0.3) is 0 Å². The van der Waals surface area contributed by atoms with E-state index in [0.717, 1.165) is 16.4 Å². The molecule has 3 aromatic carbocycles. The fourth-order valence-electron chi connectivity index (χ4n) is 3.11. The van der Waals surface area contributed by atoms with Gasteiger partial charge in [-0.05, 0) is 61.5 Å². The molecular weight excluding hydrogens is 412 g/mol. The lowest BCUT2D eigenvalue weighted by atomic mass is 10.1. The summed E-state index contributed by atoms with van der Waals surface area (Å²) in [6.45, 7) is 2.53. The maximum Gasteiger partial charge on any atom is 0.255 e. The third-order valence-electron chi connectivity index (χ3n) is 4.60. The Morgan fingerprint density at radius 3 is 2.65 bits per heavy atom. The number of hydrogen-bond acceptors (Lipinski definition) is 5. The number of hydrogen-bond donors (Lipinski definition) is 2. The van der Waals surface area contributed by atoms with Gasteiger partial charge in [-0.25, -0.2) is 0 Å². The summed E-state index contributed by atoms with van der Waals surface area (Å²) in [6.07, 6.45) is 0.455. The van der Waals surface area contributed by atoms with Gasteiger partial charge in [-0.1, -0.05) is 12.1 Å². The van der Waals surface area contributed by atoms with Crippen LogP contribution in [0.5, 0.6) is 17.2 Å². The van der Waals surface area contributed by atoms with Crippen LogP contribution in [0.4, 0.5) is 11.4 Å². The van der Waals surface area contributed by atoms with E-state index in [9.17, 15) is 9.59 Å². The van der Waals surface area contributed by atoms with Gasteiger partial charge in [0.1, 0.15) is 11.5 Å². The van der Waals surface area contributed by atoms with E-state index in [4.69, 9.17) is 9.47 Å². The van der Waals surface area contributed by atoms with Gasteiger partial charge in [0.05, 0.1) is 18.0 Å². The average molecular weight is 435 g/mol. The molecule has 31 heavy (non-hydrogen) atoms. The fourth-order valence-corrected chi connectivity index (χ4v) is 4.05. The summed E-state index contributed by atoms with van der Waals surface area (Å²) < 4.78 is 11.4. The molecule has 4 rings (SSSR count). The first-order valence-electron chi connectivity index (χ1n) is 10.00. The molecule has 0 spiro atoms. The van der Waals surface area contributed by atoms with Crippen molar-refractivity contribution in [2.24, 2.45) is 0 Å². The zero-order valence-electron chi connectivity index (χ0n) is 17.0. The van der Waals surface area contributed by atoms with Crippen molar-refractivity contribution in [3.8, 4) is 17.2 Å². The summed E-state index contributed by atoms with van der Waals surface area (Å²) in [6, 6.07) is 19.9. The first-order valence-corrected chi connectivity index (χ1v) is 11.0. The van der Waals surface area contributed by atoms with Crippen LogP contribution in [0, 0.1) is 0 Å². The van der Waals surface area contributed by atoms with Gasteiger partial charge in [0, 0.05) is 22.6 Å². The molecule has 1 heterocycles. The summed E-state index contributed by atoms with van der Waals surface area (Å²) >= 11 is 1.60. The molecule has 7 heteroatoms. The summed E-state index contributed by atoms with van der Waals surface area (Å²) in [5, 5.41) is 5.77. The summed E-state index contributed by atoms with van der Waals surface area (Å²) in [7, 11) is 0. The first kappa shape index (κ1) is 20.8. The quantitative estimate of drug-likeness (QED) is 0.531. The summed E-state index contributed by atoms with van der Waals surface area (Å²) in [5.74, 6) is 2.33. The molecule has 0 unspecified atom stereocenters. The molecule has 3 aromatic rings. The number of thioether (sulfide) groups is 1. The largest absolute Gasteiger partial charge is 0.494 e. The van der Waals surface area contributed by atoms with E-state index in [1.807, 2.05) is 49.4 Å². The summed E-state index contributed by atoms with van der Waals surface area (Å²) in [4.78, 5) is 25.7. The van der Waals surface area contributed by atoms with Crippen LogP contribution in [0.2, 0.25) is 0 Å². The SMILES string of the molecule is CCOc1ccc(Oc2ccccc2NC(=O)c2ccc3c(c2)NC(=O)CCS3)cc1. The Morgan fingerprint density at radius 2 is 1.84 bits per heavy atom. The summed E-state index contributed by atoms with van der Waals surface area (Å²) in [5.41, 5.74) is 1.67. The smallest absolute Gasteiger partial charge is 0.255 e. The topological polar surface area (TPSA) is 76.7 Å². The Kier molecular flexibility index (Phi) is 6.43. The van der Waals surface area contributed by atoms with Crippen molar-refractivity contribution in [2.75, 3.05) is 23.0 Å². The molecule has 2 amide bonds. The Bertz CT molecular complexity index is 1100. The van der Waals surface area contributed by atoms with Crippen LogP contribution in [0.3, 0.4) is 0 Å². The number of nitrogens with one attached hydrogen (secondary N) is 2. The van der Waals surface area contributed by atoms with Crippen molar-refractivity contribution >= 4 is 35.0 Å². The van der Waals surface area contributed by atoms with Crippen molar-refractivity contribution in [1.29, 1.82) is 0 Å². The van der Waals surface area contributed by atoms with Crippen LogP contribution >= 0.6 is 11.8 Å². The van der Waals surface area contributed by atoms with E-state index in [1.54, 1.807) is 36.0 Å². The number of amides is 2. The van der Waals surface area contributed by atoms with Gasteiger partial charge in [0.25, 0.3) is 5.91 Å². The lowest BCUT2D eigenvalue weighted by Gasteiger charge is -2.13. The molecule has 158 valence electrons. The molecule has 0 saturated heterocycles. The number of ether oxygens (including phenoxy) is 2. The van der Waals surface area contributed by atoms with E-state index in [1.165, 1.54) is 0 Å². The highest BCUT2D eigenvalue weighted by Crippen LogP contribution is 2.33. The third kappa shape index (κ3) is 5.19. The van der Waals surface area contributed by atoms with Crippen LogP contribution in [-0.2, 0) is 4.79 Å². The minimum absolute atomic E-state index is 0.0436. The number of para-hydroxylation sites is 2. The lowest BCUT2D eigenvalue weighted by molar-refractivity contribution is -0.115. The lowest BCUT2D eigenvalue weighted by Crippen LogP contribution is -2.14. The highest BCUT2D eigenvalue weighted by molar-refractivity contribution is 7.99. The Hall–Kier alpha value is -3.45. The monoisotopic (exact) mass is 434 g/mol. The van der Waals surface area contributed by atoms with E-state index in [0.29, 0.717) is 41.5 Å². The van der Waals surface area contributed by atoms with Gasteiger partial charge < -0.3 is 20.1 Å². The van der Waals surface area contributed by atoms with Crippen molar-refractivity contribution in [2.45, 2.75) is 18.2 Å². The molecule has 2 N–H and O–H groups in total. The van der Waals surface area contributed by atoms with Crippen molar-refractivity contribution < 1.29 is 19.1 Å². The third-order valence-corrected chi connectivity index (χ3v) is 5.68. The van der Waals surface area contributed by atoms with E-state index in [-0.39, 0.29) is 11.8 Å². The van der Waals surface area contributed by atoms with Crippen molar-refractivity contribution in [3.63, 3.8) is 0 Å². The first-order chi connectivity index (χ1) is 15.1. The Morgan fingerprint density at radius 1 is 1.06 bits per heavy atom. The highest BCUT2D eigenvalue weighted by atomic mass is 32.2. The molecule has 0 aromatic heterocycles. The van der Waals surface area contributed by atoms with Gasteiger partial charge in [0.15, 0.2) is 5.75 Å². The minimum Gasteiger partial charge on any atom is -0.494 e. The fraction of sp³-hybridized carbons (Fsp3) is 0.167. The number of anilines is 2. The molecule has 0 saturated carbocycles. The molecule has 0 radical (unpaired) electrons. The van der Waals surface area contributed by atoms with E-state index < -0.39 is 0 Å². The highest BCUT2D eigenvalue weighted by Gasteiger charge is 2.17. The van der Waals surface area contributed by atoms with Crippen LogP contribution in [0.1, 0.15) is 23.7 Å². The van der Waals surface area contributed by atoms with Crippen molar-refractivity contribution in [1.82, 2.24) is 0 Å². The van der Waals surface area contributed by atoms with Crippen LogP contribution in [0.15, 0.2) is 71.6 Å². The zero-order chi connectivity index (χ0) is 21.6. The minimum atomic E-state index is -0.283. The maximum atomic E-state index is 12.9. The van der Waals surface area contributed by atoms with Gasteiger partial charge in [-0.15, -0.1) is 11.8 Å². The zero-order valence-corrected chi connectivity index (χ0v) is 17.8. The number of fused-ring (bicyclic) bond motifs is 1. The Labute approximate surface area is 185 Å². The van der Waals surface area contributed by atoms with E-state index in [2.05, 4.69) is 10.6 Å². The predicted octanol–water partition coefficient (Wildman–Crippen LogP) is 5.56. The molecule has 1 aliphatic rings. The number of carbonyl (C=O) groups is 2. The standard InChI is InChI=1S/C24H22N2O4S/c1-2-29-17-8-10-18(11-9-17)30-21-6-4-3-5-19(21)26-24(28)16-7-12-22-20(15-16)25-23(27)13-14-31-22/h3-12,15H,2,13-14H2,1H3,(H,25,27)(H,26,28). The van der Waals surface area contributed by atoms with Gasteiger partial charge in [0.2, 0.25) is 5.91 Å². The molecular formula is C24H22N2O4S. The molecule has 0 fully saturated rings. The molecule has 0 atom stereocenters. The number of benzene rings is 3. The van der Waals surface area contributed by atoms with Crippen molar-refractivity contribution in [3.05, 3.63) is 72.3 Å². The second-order valence-corrected chi connectivity index (χ2v) is 7.95. The van der Waals surface area contributed by atoms with Crippen LogP contribution < -0.4 is 20.1 Å². The molecule has 0 aliphatic carbocycles. The van der Waals surface area contributed by atoms with Gasteiger partial charge in [-0.2, -0.15) is 0 Å². The maximum absolute atomic E-state index is 12.9. The van der Waals surface area contributed by atoms with Crippen LogP contribution in [-0.4, -0.2) is 24.2 Å². The van der Waals surface area contributed by atoms with Gasteiger partial charge in [-0.3, -0.25) is 9.59 Å². The predicted molar refractivity (Wildman–Crippen MR) is 122 cm³/mol. The normalized spacial score (nSPS) is 12.9. The number of carbonyl (C=O) groups excluding carboxylic acids is 2. The Balaban J connectivity index is 1.51.